The zero-order valence-electron chi connectivity index (χ0n) is 17.7. The number of carbonyl (C=O) groups excluding carboxylic acids is 1. The van der Waals surface area contributed by atoms with E-state index in [9.17, 15) is 18.0 Å². The molecule has 7 nitrogen and oxygen atoms in total. The van der Waals surface area contributed by atoms with Crippen molar-refractivity contribution >= 4 is 12.2 Å². The Morgan fingerprint density at radius 1 is 1.15 bits per heavy atom. The summed E-state index contributed by atoms with van der Waals surface area (Å²) in [6.07, 6.45) is -2.20. The molecule has 0 fully saturated rings. The number of benzene rings is 2. The third-order valence-corrected chi connectivity index (χ3v) is 4.38. The number of hydrogen-bond donors (Lipinski definition) is 1. The number of nitrogens with zero attached hydrogens (tertiary/aromatic N) is 2. The van der Waals surface area contributed by atoms with Gasteiger partial charge in [-0.05, 0) is 36.8 Å². The quantitative estimate of drug-likeness (QED) is 0.288. The molecule has 0 saturated carbocycles. The van der Waals surface area contributed by atoms with Gasteiger partial charge in [-0.3, -0.25) is 4.79 Å². The lowest BCUT2D eigenvalue weighted by Gasteiger charge is -2.13. The molecule has 2 aromatic carbocycles. The summed E-state index contributed by atoms with van der Waals surface area (Å²) in [6.45, 7) is 2.17. The lowest BCUT2D eigenvalue weighted by molar-refractivity contribution is -0.137. The van der Waals surface area contributed by atoms with Crippen molar-refractivity contribution < 1.29 is 32.3 Å². The van der Waals surface area contributed by atoms with Crippen LogP contribution in [0.25, 0.3) is 0 Å². The molecule has 0 saturated heterocycles. The zero-order chi connectivity index (χ0) is 23.8. The molecule has 3 aromatic rings. The molecule has 0 aliphatic carbocycles. The number of amides is 1. The highest BCUT2D eigenvalue weighted by atomic mass is 19.4. The highest BCUT2D eigenvalue weighted by Crippen LogP contribution is 2.34. The second-order valence-electron chi connectivity index (χ2n) is 6.79. The molecule has 0 aliphatic rings. The average Bonchev–Trinajstić information content (AvgIpc) is 2.79. The number of ether oxygens (including phenoxy) is 2. The number of carbonyl (C=O) groups is 1. The molecular formula is C23H20F3N3O4. The van der Waals surface area contributed by atoms with Gasteiger partial charge in [-0.2, -0.15) is 13.2 Å². The van der Waals surface area contributed by atoms with Gasteiger partial charge in [0.1, 0.15) is 30.0 Å². The first-order valence-corrected chi connectivity index (χ1v) is 9.66. The Balaban J connectivity index is 1.71. The van der Waals surface area contributed by atoms with Crippen LogP contribution in [0.2, 0.25) is 0 Å². The van der Waals surface area contributed by atoms with Gasteiger partial charge >= 0.3 is 6.18 Å². The van der Waals surface area contributed by atoms with Gasteiger partial charge in [0, 0.05) is 6.20 Å². The topological polar surface area (TPSA) is 82.0 Å². The second kappa shape index (κ2) is 10.5. The SMILES string of the molecule is COc1ccnc(Oc2cccc(C(F)(F)F)c2)c1C(=O)N/C=N\OCc1ccc(C)cc1. The Morgan fingerprint density at radius 2 is 1.91 bits per heavy atom. The largest absolute Gasteiger partial charge is 0.496 e. The summed E-state index contributed by atoms with van der Waals surface area (Å²) in [6, 6.07) is 13.3. The number of alkyl halides is 3. The molecular weight excluding hydrogens is 439 g/mol. The molecule has 0 unspecified atom stereocenters. The third-order valence-electron chi connectivity index (χ3n) is 4.38. The minimum atomic E-state index is -4.55. The van der Waals surface area contributed by atoms with Gasteiger partial charge in [-0.1, -0.05) is 41.1 Å². The number of aryl methyl sites for hydroxylation is 1. The first kappa shape index (κ1) is 23.6. The molecule has 1 aromatic heterocycles. The number of pyridine rings is 1. The van der Waals surface area contributed by atoms with Crippen molar-refractivity contribution in [1.82, 2.24) is 10.3 Å². The third kappa shape index (κ3) is 6.45. The summed E-state index contributed by atoms with van der Waals surface area (Å²) in [5.74, 6) is -0.974. The zero-order valence-corrected chi connectivity index (χ0v) is 17.7. The fourth-order valence-corrected chi connectivity index (χ4v) is 2.72. The molecule has 33 heavy (non-hydrogen) atoms. The number of aromatic nitrogens is 1. The maximum atomic E-state index is 13.0. The van der Waals surface area contributed by atoms with E-state index in [1.165, 1.54) is 31.5 Å². The van der Waals surface area contributed by atoms with Gasteiger partial charge in [0.2, 0.25) is 5.88 Å². The molecule has 1 N–H and O–H groups in total. The van der Waals surface area contributed by atoms with E-state index >= 15 is 0 Å². The molecule has 0 bridgehead atoms. The summed E-state index contributed by atoms with van der Waals surface area (Å²) in [4.78, 5) is 21.8. The van der Waals surface area contributed by atoms with E-state index in [1.54, 1.807) is 0 Å². The van der Waals surface area contributed by atoms with Gasteiger partial charge < -0.3 is 19.6 Å². The predicted octanol–water partition coefficient (Wildman–Crippen LogP) is 5.10. The van der Waals surface area contributed by atoms with E-state index in [2.05, 4.69) is 15.5 Å². The first-order chi connectivity index (χ1) is 15.8. The van der Waals surface area contributed by atoms with E-state index in [4.69, 9.17) is 14.3 Å². The van der Waals surface area contributed by atoms with Crippen molar-refractivity contribution in [3.8, 4) is 17.4 Å². The van der Waals surface area contributed by atoms with Crippen LogP contribution in [0.1, 0.15) is 27.0 Å². The highest BCUT2D eigenvalue weighted by Gasteiger charge is 2.31. The molecule has 3 rings (SSSR count). The highest BCUT2D eigenvalue weighted by molar-refractivity contribution is 6.04. The fraction of sp³-hybridized carbons (Fsp3) is 0.174. The standard InChI is InChI=1S/C23H20F3N3O4/c1-15-6-8-16(9-7-15)13-32-29-14-28-21(30)20-19(31-2)10-11-27-22(20)33-18-5-3-4-17(12-18)23(24,25)26/h3-12,14H,13H2,1-2H3,(H,28,29,30). The summed E-state index contributed by atoms with van der Waals surface area (Å²) < 4.78 is 49.6. The van der Waals surface area contributed by atoms with Gasteiger partial charge in [0.05, 0.1) is 12.7 Å². The van der Waals surface area contributed by atoms with Crippen molar-refractivity contribution in [3.63, 3.8) is 0 Å². The maximum absolute atomic E-state index is 13.0. The van der Waals surface area contributed by atoms with Crippen molar-refractivity contribution in [2.24, 2.45) is 5.16 Å². The van der Waals surface area contributed by atoms with Crippen LogP contribution in [0.5, 0.6) is 17.4 Å². The molecule has 0 aliphatic heterocycles. The van der Waals surface area contributed by atoms with Crippen LogP contribution >= 0.6 is 0 Å². The summed E-state index contributed by atoms with van der Waals surface area (Å²) in [5, 5.41) is 6.07. The van der Waals surface area contributed by atoms with Crippen LogP contribution in [0, 0.1) is 6.92 Å². The number of oxime groups is 1. The van der Waals surface area contributed by atoms with Crippen molar-refractivity contribution in [1.29, 1.82) is 0 Å². The lowest BCUT2D eigenvalue weighted by Crippen LogP contribution is -2.23. The molecule has 10 heteroatoms. The van der Waals surface area contributed by atoms with E-state index in [0.717, 1.165) is 29.6 Å². The van der Waals surface area contributed by atoms with Crippen LogP contribution in [-0.2, 0) is 17.6 Å². The fourth-order valence-electron chi connectivity index (χ4n) is 2.72. The predicted molar refractivity (Wildman–Crippen MR) is 114 cm³/mol. The second-order valence-corrected chi connectivity index (χ2v) is 6.79. The van der Waals surface area contributed by atoms with E-state index in [-0.39, 0.29) is 29.5 Å². The smallest absolute Gasteiger partial charge is 0.416 e. The van der Waals surface area contributed by atoms with Crippen molar-refractivity contribution in [3.05, 3.63) is 83.0 Å². The molecule has 172 valence electrons. The molecule has 0 radical (unpaired) electrons. The van der Waals surface area contributed by atoms with Gasteiger partial charge in [-0.15, -0.1) is 0 Å². The number of hydrogen-bond acceptors (Lipinski definition) is 6. The molecule has 1 amide bonds. The minimum absolute atomic E-state index is 0.110. The molecule has 0 spiro atoms. The Hall–Kier alpha value is -4.08. The maximum Gasteiger partial charge on any atom is 0.416 e. The van der Waals surface area contributed by atoms with E-state index in [1.807, 2.05) is 31.2 Å². The van der Waals surface area contributed by atoms with E-state index in [0.29, 0.717) is 0 Å². The lowest BCUT2D eigenvalue weighted by atomic mass is 10.2. The van der Waals surface area contributed by atoms with Crippen molar-refractivity contribution in [2.75, 3.05) is 7.11 Å². The van der Waals surface area contributed by atoms with Crippen LogP contribution < -0.4 is 14.8 Å². The van der Waals surface area contributed by atoms with Gasteiger partial charge in [-0.25, -0.2) is 4.98 Å². The van der Waals surface area contributed by atoms with Crippen molar-refractivity contribution in [2.45, 2.75) is 19.7 Å². The Kier molecular flexibility index (Phi) is 7.50. The summed E-state index contributed by atoms with van der Waals surface area (Å²) >= 11 is 0. The normalized spacial score (nSPS) is 11.3. The Morgan fingerprint density at radius 3 is 2.61 bits per heavy atom. The van der Waals surface area contributed by atoms with Crippen LogP contribution in [0.3, 0.4) is 0 Å². The van der Waals surface area contributed by atoms with Crippen LogP contribution in [0.15, 0.2) is 65.9 Å². The average molecular weight is 459 g/mol. The summed E-state index contributed by atoms with van der Waals surface area (Å²) in [5.41, 5.74) is 0.993. The number of halogens is 3. The monoisotopic (exact) mass is 459 g/mol. The van der Waals surface area contributed by atoms with Crippen LogP contribution in [-0.4, -0.2) is 24.3 Å². The number of methoxy groups -OCH3 is 1. The molecule has 0 atom stereocenters. The minimum Gasteiger partial charge on any atom is -0.496 e. The summed E-state index contributed by atoms with van der Waals surface area (Å²) in [7, 11) is 1.33. The Labute approximate surface area is 187 Å². The van der Waals surface area contributed by atoms with E-state index < -0.39 is 17.6 Å². The molecule has 1 heterocycles. The van der Waals surface area contributed by atoms with Gasteiger partial charge in [0.15, 0.2) is 0 Å². The Bertz CT molecular complexity index is 1130. The number of nitrogens with one attached hydrogen (secondary N) is 1. The number of rotatable bonds is 8. The van der Waals surface area contributed by atoms with Gasteiger partial charge in [0.25, 0.3) is 5.91 Å². The first-order valence-electron chi connectivity index (χ1n) is 9.66. The van der Waals surface area contributed by atoms with Crippen LogP contribution in [0.4, 0.5) is 13.2 Å².